The molecular formula is C30H22N4O8S. The molecule has 1 saturated heterocycles. The van der Waals surface area contributed by atoms with Gasteiger partial charge in [0.2, 0.25) is 23.8 Å². The molecule has 1 aromatic heterocycles. The third-order valence-electron chi connectivity index (χ3n) is 6.65. The number of fused-ring (bicyclic) bond motifs is 1. The van der Waals surface area contributed by atoms with Gasteiger partial charge in [-0.3, -0.25) is 14.4 Å². The van der Waals surface area contributed by atoms with Crippen molar-refractivity contribution in [2.75, 3.05) is 25.4 Å². The van der Waals surface area contributed by atoms with E-state index in [1.807, 2.05) is 6.07 Å². The molecule has 3 aromatic carbocycles. The SMILES string of the molecule is COc1cccc(C(=O)COC(=O)c2ccc(N3C(=O)CC(Sc4nncc(-c5ccc6c(c5)OCO6)n4)C3=O)cc2)c1. The number of methoxy groups -OCH3 is 1. The first-order chi connectivity index (χ1) is 20.9. The molecule has 0 spiro atoms. The maximum Gasteiger partial charge on any atom is 0.338 e. The minimum absolute atomic E-state index is 0.0582. The monoisotopic (exact) mass is 598 g/mol. The highest BCUT2D eigenvalue weighted by atomic mass is 32.2. The lowest BCUT2D eigenvalue weighted by molar-refractivity contribution is -0.121. The van der Waals surface area contributed by atoms with Crippen LogP contribution in [0, 0.1) is 0 Å². The molecule has 12 nitrogen and oxygen atoms in total. The van der Waals surface area contributed by atoms with Crippen LogP contribution in [-0.4, -0.2) is 64.5 Å². The van der Waals surface area contributed by atoms with Gasteiger partial charge in [-0.15, -0.1) is 5.10 Å². The van der Waals surface area contributed by atoms with Crippen LogP contribution in [0.2, 0.25) is 0 Å². The fourth-order valence-electron chi connectivity index (χ4n) is 4.47. The van der Waals surface area contributed by atoms with E-state index < -0.39 is 29.6 Å². The van der Waals surface area contributed by atoms with E-state index in [-0.39, 0.29) is 29.7 Å². The van der Waals surface area contributed by atoms with Crippen LogP contribution in [-0.2, 0) is 14.3 Å². The van der Waals surface area contributed by atoms with Gasteiger partial charge in [0, 0.05) is 17.5 Å². The normalized spacial score (nSPS) is 15.5. The van der Waals surface area contributed by atoms with Crippen LogP contribution in [0.15, 0.2) is 78.1 Å². The van der Waals surface area contributed by atoms with Crippen molar-refractivity contribution in [3.05, 3.63) is 84.1 Å². The Morgan fingerprint density at radius 3 is 2.63 bits per heavy atom. The van der Waals surface area contributed by atoms with Gasteiger partial charge in [0.05, 0.1) is 30.3 Å². The van der Waals surface area contributed by atoms with E-state index in [2.05, 4.69) is 15.2 Å². The summed E-state index contributed by atoms with van der Waals surface area (Å²) in [5, 5.41) is 7.52. The van der Waals surface area contributed by atoms with Gasteiger partial charge in [-0.1, -0.05) is 23.9 Å². The molecule has 1 fully saturated rings. The Morgan fingerprint density at radius 1 is 1.00 bits per heavy atom. The molecule has 43 heavy (non-hydrogen) atoms. The molecule has 4 aromatic rings. The van der Waals surface area contributed by atoms with E-state index in [9.17, 15) is 19.2 Å². The highest BCUT2D eigenvalue weighted by Gasteiger charge is 2.41. The van der Waals surface area contributed by atoms with Gasteiger partial charge in [-0.25, -0.2) is 14.7 Å². The van der Waals surface area contributed by atoms with E-state index in [1.54, 1.807) is 36.4 Å². The number of ether oxygens (including phenoxy) is 4. The summed E-state index contributed by atoms with van der Waals surface area (Å²) in [4.78, 5) is 56.5. The van der Waals surface area contributed by atoms with E-state index in [4.69, 9.17) is 18.9 Å². The van der Waals surface area contributed by atoms with Crippen molar-refractivity contribution in [3.63, 3.8) is 0 Å². The van der Waals surface area contributed by atoms with Crippen LogP contribution in [0.4, 0.5) is 5.69 Å². The quantitative estimate of drug-likeness (QED) is 0.157. The van der Waals surface area contributed by atoms with Gasteiger partial charge < -0.3 is 18.9 Å². The summed E-state index contributed by atoms with van der Waals surface area (Å²) >= 11 is 1.05. The fraction of sp³-hybridized carbons (Fsp3) is 0.167. The number of carbonyl (C=O) groups is 4. The standard InChI is InChI=1S/C30H22N4O8S/c1-39-21-4-2-3-19(11-21)23(35)15-40-29(38)17-5-8-20(9-6-17)34-27(36)13-26(28(34)37)43-30-32-22(14-31-33-30)18-7-10-24-25(12-18)42-16-41-24/h2-12,14,26H,13,15-16H2,1H3. The number of amides is 2. The molecule has 13 heteroatoms. The number of thioether (sulfide) groups is 1. The largest absolute Gasteiger partial charge is 0.497 e. The van der Waals surface area contributed by atoms with Gasteiger partial charge in [-0.05, 0) is 54.6 Å². The van der Waals surface area contributed by atoms with Gasteiger partial charge in [0.15, 0.2) is 23.9 Å². The number of nitrogens with zero attached hydrogens (tertiary/aromatic N) is 4. The predicted molar refractivity (Wildman–Crippen MR) is 152 cm³/mol. The Morgan fingerprint density at radius 2 is 1.81 bits per heavy atom. The van der Waals surface area contributed by atoms with Crippen molar-refractivity contribution < 1.29 is 38.1 Å². The summed E-state index contributed by atoms with van der Waals surface area (Å²) in [6.07, 6.45) is 1.44. The second-order valence-electron chi connectivity index (χ2n) is 9.35. The van der Waals surface area contributed by atoms with Crippen molar-refractivity contribution in [1.82, 2.24) is 15.2 Å². The Balaban J connectivity index is 1.08. The number of rotatable bonds is 9. The Bertz CT molecular complexity index is 1750. The molecule has 1 atom stereocenters. The van der Waals surface area contributed by atoms with Crippen LogP contribution in [0.25, 0.3) is 11.3 Å². The average molecular weight is 599 g/mol. The predicted octanol–water partition coefficient (Wildman–Crippen LogP) is 3.74. The Labute approximate surface area is 248 Å². The van der Waals surface area contributed by atoms with Gasteiger partial charge in [-0.2, -0.15) is 5.10 Å². The lowest BCUT2D eigenvalue weighted by Crippen LogP contribution is -2.31. The summed E-state index contributed by atoms with van der Waals surface area (Å²) in [5.41, 5.74) is 2.07. The van der Waals surface area contributed by atoms with Gasteiger partial charge >= 0.3 is 5.97 Å². The first-order valence-electron chi connectivity index (χ1n) is 13.0. The van der Waals surface area contributed by atoms with Gasteiger partial charge in [0.25, 0.3) is 0 Å². The van der Waals surface area contributed by atoms with Crippen LogP contribution < -0.4 is 19.1 Å². The first kappa shape index (κ1) is 27.8. The number of ketones is 1. The number of carbonyl (C=O) groups excluding carboxylic acids is 4. The Hall–Kier alpha value is -5.30. The van der Waals surface area contributed by atoms with Gasteiger partial charge in [0.1, 0.15) is 11.0 Å². The second kappa shape index (κ2) is 11.9. The number of aromatic nitrogens is 3. The lowest BCUT2D eigenvalue weighted by atomic mass is 10.1. The molecule has 3 heterocycles. The number of imide groups is 1. The summed E-state index contributed by atoms with van der Waals surface area (Å²) in [6, 6.07) is 17.7. The molecule has 0 bridgehead atoms. The topological polar surface area (TPSA) is 147 Å². The van der Waals surface area contributed by atoms with E-state index in [1.165, 1.54) is 37.6 Å². The molecule has 216 valence electrons. The molecule has 0 N–H and O–H groups in total. The first-order valence-corrected chi connectivity index (χ1v) is 13.9. The number of esters is 1. The number of Topliss-reactive ketones (excluding diaryl/α,β-unsaturated/α-hetero) is 1. The number of hydrogen-bond acceptors (Lipinski definition) is 12. The molecule has 0 aliphatic carbocycles. The van der Waals surface area contributed by atoms with Crippen molar-refractivity contribution in [1.29, 1.82) is 0 Å². The molecular weight excluding hydrogens is 576 g/mol. The fourth-order valence-corrected chi connectivity index (χ4v) is 5.40. The van der Waals surface area contributed by atoms with Crippen LogP contribution >= 0.6 is 11.8 Å². The van der Waals surface area contributed by atoms with E-state index >= 15 is 0 Å². The Kier molecular flexibility index (Phi) is 7.71. The molecule has 2 amide bonds. The molecule has 2 aliphatic heterocycles. The number of benzene rings is 3. The molecule has 1 unspecified atom stereocenters. The molecule has 2 aliphatic rings. The lowest BCUT2D eigenvalue weighted by Gasteiger charge is -2.15. The third-order valence-corrected chi connectivity index (χ3v) is 7.68. The zero-order valence-electron chi connectivity index (χ0n) is 22.6. The highest BCUT2D eigenvalue weighted by Crippen LogP contribution is 2.36. The minimum Gasteiger partial charge on any atom is -0.497 e. The maximum atomic E-state index is 13.2. The van der Waals surface area contributed by atoms with Crippen molar-refractivity contribution in [3.8, 4) is 28.5 Å². The van der Waals surface area contributed by atoms with E-state index in [0.717, 1.165) is 22.2 Å². The number of anilines is 1. The van der Waals surface area contributed by atoms with Crippen molar-refractivity contribution in [2.45, 2.75) is 16.8 Å². The second-order valence-corrected chi connectivity index (χ2v) is 10.5. The minimum atomic E-state index is -0.756. The van der Waals surface area contributed by atoms with Crippen molar-refractivity contribution in [2.24, 2.45) is 0 Å². The molecule has 0 radical (unpaired) electrons. The summed E-state index contributed by atoms with van der Waals surface area (Å²) in [5.74, 6) is -0.201. The third kappa shape index (κ3) is 5.88. The zero-order chi connectivity index (χ0) is 29.9. The smallest absolute Gasteiger partial charge is 0.338 e. The maximum absolute atomic E-state index is 13.2. The average Bonchev–Trinajstić information content (AvgIpc) is 3.62. The van der Waals surface area contributed by atoms with Crippen LogP contribution in [0.5, 0.6) is 17.2 Å². The summed E-state index contributed by atoms with van der Waals surface area (Å²) in [6.45, 7) is -0.308. The highest BCUT2D eigenvalue weighted by molar-refractivity contribution is 8.00. The van der Waals surface area contributed by atoms with Crippen LogP contribution in [0.1, 0.15) is 27.1 Å². The number of hydrogen-bond donors (Lipinski definition) is 0. The summed E-state index contributed by atoms with van der Waals surface area (Å²) < 4.78 is 21.0. The van der Waals surface area contributed by atoms with Crippen LogP contribution in [0.3, 0.4) is 0 Å². The van der Waals surface area contributed by atoms with E-state index in [0.29, 0.717) is 34.2 Å². The van der Waals surface area contributed by atoms with Crippen molar-refractivity contribution >= 4 is 41.0 Å². The summed E-state index contributed by atoms with van der Waals surface area (Å²) in [7, 11) is 1.49. The molecule has 0 saturated carbocycles. The zero-order valence-corrected chi connectivity index (χ0v) is 23.4. The molecule has 6 rings (SSSR count).